The van der Waals surface area contributed by atoms with Gasteiger partial charge in [-0.2, -0.15) is 0 Å². The maximum atomic E-state index is 14.0. The predicted octanol–water partition coefficient (Wildman–Crippen LogP) is 6.95. The Morgan fingerprint density at radius 3 is 2.02 bits per heavy atom. The highest BCUT2D eigenvalue weighted by Gasteiger charge is 2.27. The molecule has 0 spiro atoms. The molecule has 0 fully saturated rings. The van der Waals surface area contributed by atoms with E-state index in [1.54, 1.807) is 30.1 Å². The molecule has 13 heteroatoms. The van der Waals surface area contributed by atoms with Gasteiger partial charge in [-0.25, -0.2) is 14.6 Å². The molecule has 0 aliphatic rings. The van der Waals surface area contributed by atoms with E-state index in [1.165, 1.54) is 16.2 Å². The lowest BCUT2D eigenvalue weighted by Gasteiger charge is -2.27. The molecule has 0 saturated heterocycles. The fourth-order valence-electron chi connectivity index (χ4n) is 5.45. The van der Waals surface area contributed by atoms with Crippen LogP contribution >= 0.6 is 22.7 Å². The van der Waals surface area contributed by atoms with Crippen LogP contribution in [-0.4, -0.2) is 71.3 Å². The second-order valence-electron chi connectivity index (χ2n) is 13.7. The van der Waals surface area contributed by atoms with Crippen molar-refractivity contribution in [1.29, 1.82) is 0 Å². The zero-order valence-corrected chi connectivity index (χ0v) is 32.4. The molecule has 3 N–H and O–H groups in total. The van der Waals surface area contributed by atoms with E-state index in [9.17, 15) is 14.4 Å². The van der Waals surface area contributed by atoms with Crippen LogP contribution in [0.3, 0.4) is 0 Å². The van der Waals surface area contributed by atoms with Crippen molar-refractivity contribution < 1.29 is 23.9 Å². The summed E-state index contributed by atoms with van der Waals surface area (Å²) in [6, 6.07) is 18.0. The van der Waals surface area contributed by atoms with Crippen molar-refractivity contribution in [3.05, 3.63) is 104 Å². The van der Waals surface area contributed by atoms with Gasteiger partial charge < -0.3 is 30.3 Å². The maximum absolute atomic E-state index is 14.0. The topological polar surface area (TPSA) is 135 Å². The summed E-state index contributed by atoms with van der Waals surface area (Å²) in [6.45, 7) is 9.18. The van der Waals surface area contributed by atoms with Crippen LogP contribution in [0.25, 0.3) is 0 Å². The van der Waals surface area contributed by atoms with Crippen molar-refractivity contribution in [2.45, 2.75) is 90.6 Å². The van der Waals surface area contributed by atoms with E-state index in [0.717, 1.165) is 26.7 Å². The van der Waals surface area contributed by atoms with Crippen LogP contribution in [0, 0.1) is 5.92 Å². The van der Waals surface area contributed by atoms with Crippen LogP contribution in [0.4, 0.5) is 9.59 Å². The van der Waals surface area contributed by atoms with E-state index in [1.807, 2.05) is 79.9 Å². The van der Waals surface area contributed by atoms with Crippen molar-refractivity contribution in [2.75, 3.05) is 20.3 Å². The number of nitrogens with zero attached hydrogens (tertiary/aromatic N) is 3. The van der Waals surface area contributed by atoms with Crippen molar-refractivity contribution in [3.63, 3.8) is 0 Å². The third-order valence-corrected chi connectivity index (χ3v) is 10.1. The molecular formula is C39H52N6O5S2. The van der Waals surface area contributed by atoms with Gasteiger partial charge in [-0.3, -0.25) is 9.78 Å². The number of nitrogens with one attached hydrogen (secondary N) is 3. The molecule has 0 aliphatic carbocycles. The molecule has 0 bridgehead atoms. The number of urea groups is 1. The first-order chi connectivity index (χ1) is 25.0. The van der Waals surface area contributed by atoms with Crippen LogP contribution in [0.5, 0.6) is 0 Å². The van der Waals surface area contributed by atoms with Gasteiger partial charge in [0.25, 0.3) is 0 Å². The second-order valence-corrected chi connectivity index (χ2v) is 15.5. The van der Waals surface area contributed by atoms with Gasteiger partial charge >= 0.3 is 12.1 Å². The number of alkyl carbamates (subject to hydrolysis) is 1. The van der Waals surface area contributed by atoms with E-state index >= 15 is 0 Å². The number of ether oxygens (including phenoxy) is 2. The highest BCUT2D eigenvalue weighted by Crippen LogP contribution is 2.20. The van der Waals surface area contributed by atoms with Crippen LogP contribution in [-0.2, 0) is 40.3 Å². The zero-order valence-electron chi connectivity index (χ0n) is 30.7. The second kappa shape index (κ2) is 21.3. The predicted molar refractivity (Wildman–Crippen MR) is 206 cm³/mol. The molecular weight excluding hydrogens is 697 g/mol. The van der Waals surface area contributed by atoms with Crippen molar-refractivity contribution in [3.8, 4) is 0 Å². The number of amides is 4. The van der Waals surface area contributed by atoms with Gasteiger partial charge in [-0.05, 0) is 42.7 Å². The minimum atomic E-state index is -0.923. The average molecular weight is 749 g/mol. The van der Waals surface area contributed by atoms with Gasteiger partial charge in [0.2, 0.25) is 5.91 Å². The number of hydrogen-bond donors (Lipinski definition) is 3. The monoisotopic (exact) mass is 748 g/mol. The molecule has 0 radical (unpaired) electrons. The largest absolute Gasteiger partial charge is 0.444 e. The summed E-state index contributed by atoms with van der Waals surface area (Å²) in [5, 5.41) is 12.2. The molecule has 11 nitrogen and oxygen atoms in total. The summed E-state index contributed by atoms with van der Waals surface area (Å²) in [5.74, 6) is 0.231. The fourth-order valence-corrected chi connectivity index (χ4v) is 6.78. The van der Waals surface area contributed by atoms with Gasteiger partial charge in [0.1, 0.15) is 12.6 Å². The number of carbonyl (C=O) groups excluding carboxylic acids is 3. The molecule has 4 rings (SSSR count). The third-order valence-electron chi connectivity index (χ3n) is 8.17. The van der Waals surface area contributed by atoms with Gasteiger partial charge in [-0.15, -0.1) is 22.7 Å². The third kappa shape index (κ3) is 14.4. The number of rotatable bonds is 20. The molecule has 3 unspecified atom stereocenters. The lowest BCUT2D eigenvalue weighted by atomic mass is 9.96. The molecule has 4 amide bonds. The van der Waals surface area contributed by atoms with E-state index in [-0.39, 0.29) is 37.1 Å². The Morgan fingerprint density at radius 1 is 0.827 bits per heavy atom. The van der Waals surface area contributed by atoms with Gasteiger partial charge in [0.05, 0.1) is 34.2 Å². The minimum absolute atomic E-state index is 0.0274. The molecule has 280 valence electrons. The Morgan fingerprint density at radius 2 is 1.46 bits per heavy atom. The number of thiazole rings is 2. The summed E-state index contributed by atoms with van der Waals surface area (Å²) >= 11 is 3.00. The lowest BCUT2D eigenvalue weighted by Crippen LogP contribution is -2.54. The summed E-state index contributed by atoms with van der Waals surface area (Å²) in [6.07, 6.45) is 3.46. The Hall–Kier alpha value is -4.33. The molecule has 2 heterocycles. The quantitative estimate of drug-likeness (QED) is 0.0891. The SMILES string of the molecule is CC(C)COCC(NC(=O)N(C)Cc1csc(C(C)C)n1)C(=O)NC(CCC(Cc1ccccc1)NC(=O)OCc1cncs1)Cc1ccccc1. The fraction of sp³-hybridized carbons (Fsp3) is 0.462. The lowest BCUT2D eigenvalue weighted by molar-refractivity contribution is -0.125. The minimum Gasteiger partial charge on any atom is -0.444 e. The van der Waals surface area contributed by atoms with E-state index in [2.05, 4.69) is 39.8 Å². The molecule has 52 heavy (non-hydrogen) atoms. The summed E-state index contributed by atoms with van der Waals surface area (Å²) < 4.78 is 11.4. The van der Waals surface area contributed by atoms with Crippen LogP contribution in [0.15, 0.2) is 77.8 Å². The molecule has 2 aromatic heterocycles. The van der Waals surface area contributed by atoms with Crippen LogP contribution in [0.1, 0.15) is 73.2 Å². The van der Waals surface area contributed by atoms with Crippen molar-refractivity contribution in [1.82, 2.24) is 30.8 Å². The first-order valence-corrected chi connectivity index (χ1v) is 19.5. The molecule has 3 atom stereocenters. The van der Waals surface area contributed by atoms with Gasteiger partial charge in [0, 0.05) is 43.2 Å². The normalized spacial score (nSPS) is 13.0. The van der Waals surface area contributed by atoms with E-state index < -0.39 is 18.2 Å². The Bertz CT molecular complexity index is 1640. The smallest absolute Gasteiger partial charge is 0.407 e. The number of aromatic nitrogens is 2. The highest BCUT2D eigenvalue weighted by atomic mass is 32.1. The molecule has 2 aromatic carbocycles. The molecule has 0 aliphatic heterocycles. The first-order valence-electron chi connectivity index (χ1n) is 17.8. The molecule has 4 aromatic rings. The first kappa shape index (κ1) is 40.4. The summed E-state index contributed by atoms with van der Waals surface area (Å²) in [4.78, 5) is 51.4. The summed E-state index contributed by atoms with van der Waals surface area (Å²) in [5.41, 5.74) is 4.64. The molecule has 0 saturated carbocycles. The Balaban J connectivity index is 1.46. The highest BCUT2D eigenvalue weighted by molar-refractivity contribution is 7.09. The van der Waals surface area contributed by atoms with Gasteiger partial charge in [0.15, 0.2) is 0 Å². The Kier molecular flexibility index (Phi) is 16.5. The van der Waals surface area contributed by atoms with Crippen molar-refractivity contribution >= 4 is 40.7 Å². The van der Waals surface area contributed by atoms with Crippen LogP contribution in [0.2, 0.25) is 0 Å². The van der Waals surface area contributed by atoms with E-state index in [0.29, 0.717) is 44.8 Å². The summed E-state index contributed by atoms with van der Waals surface area (Å²) in [7, 11) is 1.69. The number of carbonyl (C=O) groups is 3. The van der Waals surface area contributed by atoms with Crippen molar-refractivity contribution in [2.24, 2.45) is 5.92 Å². The average Bonchev–Trinajstić information content (AvgIpc) is 3.83. The number of benzene rings is 2. The number of hydrogen-bond acceptors (Lipinski definition) is 9. The van der Waals surface area contributed by atoms with Crippen LogP contribution < -0.4 is 16.0 Å². The van der Waals surface area contributed by atoms with E-state index in [4.69, 9.17) is 9.47 Å². The standard InChI is InChI=1S/C39H52N6O5S2/c1-27(2)22-49-24-35(44-38(47)45(5)21-33-25-51-37(42-33)28(3)4)36(46)41-31(18-29-12-8-6-9-13-29)16-17-32(19-30-14-10-7-11-15-30)43-39(48)50-23-34-20-40-26-52-34/h6-15,20,25-28,31-32,35H,16-19,21-24H2,1-5H3,(H,41,46)(H,43,48)(H,44,47). The van der Waals surface area contributed by atoms with Gasteiger partial charge in [-0.1, -0.05) is 88.4 Å². The Labute approximate surface area is 315 Å². The maximum Gasteiger partial charge on any atom is 0.407 e. The zero-order chi connectivity index (χ0) is 37.3.